The van der Waals surface area contributed by atoms with Gasteiger partial charge in [-0.05, 0) is 54.8 Å². The van der Waals surface area contributed by atoms with Crippen LogP contribution in [0, 0.1) is 5.82 Å². The van der Waals surface area contributed by atoms with Crippen LogP contribution in [-0.4, -0.2) is 32.3 Å². The molecule has 7 heteroatoms. The van der Waals surface area contributed by atoms with Gasteiger partial charge in [-0.25, -0.2) is 17.5 Å². The second-order valence-electron chi connectivity index (χ2n) is 6.27. The second-order valence-corrected chi connectivity index (χ2v) is 8.03. The molecule has 0 spiro atoms. The van der Waals surface area contributed by atoms with E-state index in [0.29, 0.717) is 24.2 Å². The van der Waals surface area contributed by atoms with Crippen LogP contribution in [-0.2, 0) is 16.6 Å². The highest BCUT2D eigenvalue weighted by atomic mass is 32.2. The Labute approximate surface area is 160 Å². The maximum atomic E-state index is 12.9. The van der Waals surface area contributed by atoms with Crippen LogP contribution in [0.4, 0.5) is 4.39 Å². The average Bonchev–Trinajstić information content (AvgIpc) is 2.67. The first-order chi connectivity index (χ1) is 12.9. The Morgan fingerprint density at radius 1 is 0.963 bits per heavy atom. The molecule has 2 aromatic carbocycles. The lowest BCUT2D eigenvalue weighted by Crippen LogP contribution is -2.32. The van der Waals surface area contributed by atoms with Gasteiger partial charge >= 0.3 is 0 Å². The molecule has 0 aromatic heterocycles. The van der Waals surface area contributed by atoms with Crippen LogP contribution in [0.2, 0.25) is 0 Å². The van der Waals surface area contributed by atoms with Crippen LogP contribution in [0.25, 0.3) is 0 Å². The minimum atomic E-state index is -3.72. The highest BCUT2D eigenvalue weighted by Crippen LogP contribution is 2.14. The van der Waals surface area contributed by atoms with Gasteiger partial charge in [-0.15, -0.1) is 0 Å². The summed E-state index contributed by atoms with van der Waals surface area (Å²) < 4.78 is 40.2. The number of hydrogen-bond acceptors (Lipinski definition) is 3. The Bertz CT molecular complexity index is 844. The summed E-state index contributed by atoms with van der Waals surface area (Å²) in [6, 6.07) is 11.5. The fourth-order valence-electron chi connectivity index (χ4n) is 2.68. The minimum absolute atomic E-state index is 0.0596. The molecule has 0 radical (unpaired) electrons. The van der Waals surface area contributed by atoms with E-state index in [1.807, 2.05) is 13.8 Å². The molecule has 27 heavy (non-hydrogen) atoms. The zero-order valence-corrected chi connectivity index (χ0v) is 16.4. The van der Waals surface area contributed by atoms with E-state index in [2.05, 4.69) is 4.72 Å². The van der Waals surface area contributed by atoms with Crippen molar-refractivity contribution < 1.29 is 17.6 Å². The number of carbonyl (C=O) groups is 1. The molecule has 1 N–H and O–H groups in total. The van der Waals surface area contributed by atoms with E-state index < -0.39 is 10.0 Å². The summed E-state index contributed by atoms with van der Waals surface area (Å²) in [4.78, 5) is 14.4. The number of rotatable bonds is 9. The lowest BCUT2D eigenvalue weighted by molar-refractivity contribution is 0.0755. The molecule has 2 rings (SSSR count). The van der Waals surface area contributed by atoms with Crippen LogP contribution < -0.4 is 4.72 Å². The Kier molecular flexibility index (Phi) is 7.50. The fraction of sp³-hybridized carbons (Fsp3) is 0.350. The number of nitrogens with one attached hydrogen (secondary N) is 1. The molecule has 0 heterocycles. The summed E-state index contributed by atoms with van der Waals surface area (Å²) in [5.74, 6) is -0.469. The van der Waals surface area contributed by atoms with Gasteiger partial charge in [0.1, 0.15) is 5.82 Å². The third kappa shape index (κ3) is 5.87. The minimum Gasteiger partial charge on any atom is -0.339 e. The standard InChI is InChI=1S/C20H25FN2O3S/c1-3-13-23(14-4-2)20(24)17-7-11-19(12-8-17)27(25,26)22-15-16-5-9-18(21)10-6-16/h5-12,22H,3-4,13-15H2,1-2H3. The van der Waals surface area contributed by atoms with Gasteiger partial charge in [-0.1, -0.05) is 26.0 Å². The van der Waals surface area contributed by atoms with Crippen LogP contribution in [0.5, 0.6) is 0 Å². The number of halogens is 1. The summed E-state index contributed by atoms with van der Waals surface area (Å²) in [7, 11) is -3.72. The van der Waals surface area contributed by atoms with Crippen molar-refractivity contribution in [3.05, 3.63) is 65.5 Å². The molecule has 146 valence electrons. The first-order valence-corrected chi connectivity index (χ1v) is 10.5. The number of amides is 1. The molecular formula is C20H25FN2O3S. The van der Waals surface area contributed by atoms with E-state index in [1.54, 1.807) is 4.90 Å². The molecule has 0 aliphatic carbocycles. The van der Waals surface area contributed by atoms with Gasteiger partial charge in [-0.2, -0.15) is 0 Å². The van der Waals surface area contributed by atoms with E-state index >= 15 is 0 Å². The molecule has 0 bridgehead atoms. The summed E-state index contributed by atoms with van der Waals surface area (Å²) in [6.45, 7) is 5.43. The van der Waals surface area contributed by atoms with Gasteiger partial charge in [0.25, 0.3) is 5.91 Å². The van der Waals surface area contributed by atoms with Gasteiger partial charge in [0, 0.05) is 25.2 Å². The largest absolute Gasteiger partial charge is 0.339 e. The van der Waals surface area contributed by atoms with Crippen LogP contribution in [0.1, 0.15) is 42.6 Å². The molecule has 0 aliphatic rings. The van der Waals surface area contributed by atoms with Gasteiger partial charge in [0.15, 0.2) is 0 Å². The first kappa shape index (κ1) is 21.1. The summed E-state index contributed by atoms with van der Waals surface area (Å²) in [5.41, 5.74) is 1.12. The van der Waals surface area contributed by atoms with E-state index in [9.17, 15) is 17.6 Å². The molecular weight excluding hydrogens is 367 g/mol. The summed E-state index contributed by atoms with van der Waals surface area (Å²) >= 11 is 0. The van der Waals surface area contributed by atoms with Crippen molar-refractivity contribution in [1.29, 1.82) is 0 Å². The van der Waals surface area contributed by atoms with E-state index in [0.717, 1.165) is 12.8 Å². The van der Waals surface area contributed by atoms with Gasteiger partial charge < -0.3 is 4.90 Å². The van der Waals surface area contributed by atoms with Gasteiger partial charge in [-0.3, -0.25) is 4.79 Å². The van der Waals surface area contributed by atoms with Gasteiger partial charge in [0.2, 0.25) is 10.0 Å². The molecule has 0 atom stereocenters. The maximum absolute atomic E-state index is 12.9. The Balaban J connectivity index is 2.08. The van der Waals surface area contributed by atoms with Crippen molar-refractivity contribution in [1.82, 2.24) is 9.62 Å². The summed E-state index contributed by atoms with van der Waals surface area (Å²) in [5, 5.41) is 0. The van der Waals surface area contributed by atoms with E-state index in [4.69, 9.17) is 0 Å². The first-order valence-electron chi connectivity index (χ1n) is 9.00. The van der Waals surface area contributed by atoms with Gasteiger partial charge in [0.05, 0.1) is 4.90 Å². The highest BCUT2D eigenvalue weighted by molar-refractivity contribution is 7.89. The van der Waals surface area contributed by atoms with Crippen molar-refractivity contribution in [2.45, 2.75) is 38.1 Å². The van der Waals surface area contributed by atoms with Crippen molar-refractivity contribution in [3.63, 3.8) is 0 Å². The lowest BCUT2D eigenvalue weighted by atomic mass is 10.2. The number of benzene rings is 2. The Hall–Kier alpha value is -2.25. The average molecular weight is 392 g/mol. The highest BCUT2D eigenvalue weighted by Gasteiger charge is 2.17. The zero-order chi connectivity index (χ0) is 19.9. The van der Waals surface area contributed by atoms with Crippen molar-refractivity contribution in [3.8, 4) is 0 Å². The monoisotopic (exact) mass is 392 g/mol. The third-order valence-electron chi connectivity index (χ3n) is 4.07. The smallest absolute Gasteiger partial charge is 0.253 e. The van der Waals surface area contributed by atoms with Crippen molar-refractivity contribution >= 4 is 15.9 Å². The van der Waals surface area contributed by atoms with Crippen LogP contribution in [0.3, 0.4) is 0 Å². The molecule has 5 nitrogen and oxygen atoms in total. The maximum Gasteiger partial charge on any atom is 0.253 e. The predicted octanol–water partition coefficient (Wildman–Crippen LogP) is 3.57. The normalized spacial score (nSPS) is 11.4. The zero-order valence-electron chi connectivity index (χ0n) is 15.6. The molecule has 1 amide bonds. The Morgan fingerprint density at radius 3 is 2.04 bits per heavy atom. The van der Waals surface area contributed by atoms with Crippen LogP contribution in [0.15, 0.2) is 53.4 Å². The molecule has 0 aliphatic heterocycles. The lowest BCUT2D eigenvalue weighted by Gasteiger charge is -2.21. The van der Waals surface area contributed by atoms with Crippen molar-refractivity contribution in [2.75, 3.05) is 13.1 Å². The molecule has 0 fully saturated rings. The molecule has 0 saturated carbocycles. The molecule has 2 aromatic rings. The van der Waals surface area contributed by atoms with Crippen molar-refractivity contribution in [2.24, 2.45) is 0 Å². The third-order valence-corrected chi connectivity index (χ3v) is 5.48. The predicted molar refractivity (Wildman–Crippen MR) is 103 cm³/mol. The number of hydrogen-bond donors (Lipinski definition) is 1. The molecule has 0 saturated heterocycles. The quantitative estimate of drug-likeness (QED) is 0.709. The topological polar surface area (TPSA) is 66.5 Å². The van der Waals surface area contributed by atoms with E-state index in [-0.39, 0.29) is 23.2 Å². The number of nitrogens with zero attached hydrogens (tertiary/aromatic N) is 1. The summed E-state index contributed by atoms with van der Waals surface area (Å²) in [6.07, 6.45) is 1.73. The Morgan fingerprint density at radius 2 is 1.52 bits per heavy atom. The fourth-order valence-corrected chi connectivity index (χ4v) is 3.70. The molecule has 0 unspecified atom stereocenters. The number of carbonyl (C=O) groups excluding carboxylic acids is 1. The van der Waals surface area contributed by atoms with E-state index in [1.165, 1.54) is 48.5 Å². The SMILES string of the molecule is CCCN(CCC)C(=O)c1ccc(S(=O)(=O)NCc2ccc(F)cc2)cc1. The number of sulfonamides is 1. The second kappa shape index (κ2) is 9.62. The van der Waals surface area contributed by atoms with Crippen LogP contribution >= 0.6 is 0 Å².